The fraction of sp³-hybridized carbons (Fsp3) is 0.958. The molecule has 4 aliphatic rings. The third-order valence-electron chi connectivity index (χ3n) is 10.2. The standard InChI is InChI=1S/C24H41NO2/c1-16(22(26)25(4)27-5)19-11-12-20-18-10-9-17-8-6-7-14-23(17,2)21(18)13-15-24(19,20)3/h16-21H,6-15H2,1-5H3/t16?,17-,18?,19+,20?,21?,23-,24+/m0/s1. The lowest BCUT2D eigenvalue weighted by atomic mass is 9.44. The average molecular weight is 376 g/mol. The first-order valence-corrected chi connectivity index (χ1v) is 11.6. The molecule has 0 spiro atoms. The van der Waals surface area contributed by atoms with Crippen molar-refractivity contribution in [2.75, 3.05) is 14.2 Å². The van der Waals surface area contributed by atoms with Crippen molar-refractivity contribution in [2.45, 2.75) is 85.0 Å². The molecule has 1 amide bonds. The van der Waals surface area contributed by atoms with Crippen LogP contribution in [0, 0.1) is 46.3 Å². The largest absolute Gasteiger partial charge is 0.275 e. The van der Waals surface area contributed by atoms with Gasteiger partial charge in [0.05, 0.1) is 7.11 Å². The first kappa shape index (κ1) is 19.7. The topological polar surface area (TPSA) is 29.5 Å². The Bertz CT molecular complexity index is 577. The smallest absolute Gasteiger partial charge is 0.248 e. The van der Waals surface area contributed by atoms with Crippen LogP contribution in [0.2, 0.25) is 0 Å². The van der Waals surface area contributed by atoms with E-state index in [1.54, 1.807) is 14.2 Å². The van der Waals surface area contributed by atoms with Crippen LogP contribution in [-0.2, 0) is 9.63 Å². The number of rotatable bonds is 3. The van der Waals surface area contributed by atoms with E-state index in [9.17, 15) is 4.79 Å². The normalized spacial score (nSPS) is 47.5. The molecule has 0 saturated heterocycles. The zero-order valence-corrected chi connectivity index (χ0v) is 18.3. The summed E-state index contributed by atoms with van der Waals surface area (Å²) in [5.74, 6) is 4.44. The van der Waals surface area contributed by atoms with E-state index >= 15 is 0 Å². The summed E-state index contributed by atoms with van der Waals surface area (Å²) in [5.41, 5.74) is 0.959. The van der Waals surface area contributed by atoms with Crippen molar-refractivity contribution in [1.29, 1.82) is 0 Å². The summed E-state index contributed by atoms with van der Waals surface area (Å²) in [6.07, 6.45) is 14.1. The Kier molecular flexibility index (Phi) is 5.15. The van der Waals surface area contributed by atoms with Crippen LogP contribution in [0.25, 0.3) is 0 Å². The van der Waals surface area contributed by atoms with E-state index in [1.807, 2.05) is 0 Å². The third-order valence-corrected chi connectivity index (χ3v) is 10.2. The van der Waals surface area contributed by atoms with Crippen molar-refractivity contribution in [3.05, 3.63) is 0 Å². The summed E-state index contributed by atoms with van der Waals surface area (Å²) in [7, 11) is 3.36. The highest BCUT2D eigenvalue weighted by molar-refractivity contribution is 5.77. The molecule has 4 aliphatic carbocycles. The molecule has 0 aliphatic heterocycles. The van der Waals surface area contributed by atoms with Gasteiger partial charge in [0, 0.05) is 13.0 Å². The lowest BCUT2D eigenvalue weighted by molar-refractivity contribution is -0.177. The maximum atomic E-state index is 12.8. The molecule has 0 aromatic heterocycles. The number of amides is 1. The van der Waals surface area contributed by atoms with Crippen LogP contribution in [-0.4, -0.2) is 25.1 Å². The number of carbonyl (C=O) groups excluding carboxylic acids is 1. The highest BCUT2D eigenvalue weighted by atomic mass is 16.7. The minimum Gasteiger partial charge on any atom is -0.275 e. The zero-order valence-electron chi connectivity index (χ0n) is 18.3. The van der Waals surface area contributed by atoms with Gasteiger partial charge in [0.2, 0.25) is 5.91 Å². The first-order valence-electron chi connectivity index (χ1n) is 11.6. The van der Waals surface area contributed by atoms with Crippen LogP contribution >= 0.6 is 0 Å². The van der Waals surface area contributed by atoms with Gasteiger partial charge in [0.1, 0.15) is 0 Å². The van der Waals surface area contributed by atoms with Crippen molar-refractivity contribution >= 4 is 5.91 Å². The molecule has 27 heavy (non-hydrogen) atoms. The summed E-state index contributed by atoms with van der Waals surface area (Å²) in [5, 5.41) is 1.45. The number of carbonyl (C=O) groups is 1. The number of hydroxylamine groups is 2. The molecule has 0 aromatic rings. The molecule has 0 aromatic carbocycles. The van der Waals surface area contributed by atoms with Gasteiger partial charge in [0.25, 0.3) is 0 Å². The van der Waals surface area contributed by atoms with Crippen LogP contribution in [0.1, 0.15) is 85.0 Å². The number of hydrogen-bond acceptors (Lipinski definition) is 2. The summed E-state index contributed by atoms with van der Waals surface area (Å²) < 4.78 is 0. The second-order valence-corrected chi connectivity index (χ2v) is 10.9. The molecular formula is C24H41NO2. The van der Waals surface area contributed by atoms with Gasteiger partial charge in [0.15, 0.2) is 0 Å². The Balaban J connectivity index is 1.55. The van der Waals surface area contributed by atoms with Gasteiger partial charge in [-0.2, -0.15) is 0 Å². The van der Waals surface area contributed by atoms with Gasteiger partial charge < -0.3 is 0 Å². The molecule has 0 radical (unpaired) electrons. The van der Waals surface area contributed by atoms with Crippen molar-refractivity contribution in [2.24, 2.45) is 46.3 Å². The van der Waals surface area contributed by atoms with Gasteiger partial charge in [-0.3, -0.25) is 9.63 Å². The van der Waals surface area contributed by atoms with E-state index < -0.39 is 0 Å². The molecule has 0 bridgehead atoms. The van der Waals surface area contributed by atoms with E-state index in [4.69, 9.17) is 4.84 Å². The summed E-state index contributed by atoms with van der Waals surface area (Å²) in [4.78, 5) is 18.0. The fourth-order valence-corrected chi connectivity index (χ4v) is 8.71. The monoisotopic (exact) mass is 375 g/mol. The maximum Gasteiger partial charge on any atom is 0.248 e. The predicted molar refractivity (Wildman–Crippen MR) is 109 cm³/mol. The van der Waals surface area contributed by atoms with Gasteiger partial charge >= 0.3 is 0 Å². The average Bonchev–Trinajstić information content (AvgIpc) is 3.02. The number of fused-ring (bicyclic) bond motifs is 5. The SMILES string of the molecule is CON(C)C(=O)C(C)[C@H]1CCC2C3CC[C@@H]4CCCC[C@]4(C)C3CC[C@@]21C. The van der Waals surface area contributed by atoms with Crippen molar-refractivity contribution in [1.82, 2.24) is 5.06 Å². The highest BCUT2D eigenvalue weighted by Gasteiger charge is 2.60. The second kappa shape index (κ2) is 7.04. The van der Waals surface area contributed by atoms with Gasteiger partial charge in [-0.1, -0.05) is 33.6 Å². The van der Waals surface area contributed by atoms with Crippen molar-refractivity contribution < 1.29 is 9.63 Å². The lowest BCUT2D eigenvalue weighted by Crippen LogP contribution is -2.53. The molecule has 4 fully saturated rings. The minimum absolute atomic E-state index is 0.0723. The van der Waals surface area contributed by atoms with E-state index in [1.165, 1.54) is 69.3 Å². The molecule has 3 heteroatoms. The Morgan fingerprint density at radius 2 is 1.70 bits per heavy atom. The van der Waals surface area contributed by atoms with E-state index in [0.29, 0.717) is 16.7 Å². The Hall–Kier alpha value is -0.570. The van der Waals surface area contributed by atoms with Crippen LogP contribution in [0.3, 0.4) is 0 Å². The molecule has 4 rings (SSSR count). The van der Waals surface area contributed by atoms with Crippen LogP contribution in [0.5, 0.6) is 0 Å². The van der Waals surface area contributed by atoms with Crippen molar-refractivity contribution in [3.8, 4) is 0 Å². The van der Waals surface area contributed by atoms with Crippen LogP contribution < -0.4 is 0 Å². The number of hydrogen-bond donors (Lipinski definition) is 0. The molecule has 0 heterocycles. The van der Waals surface area contributed by atoms with Gasteiger partial charge in [-0.25, -0.2) is 5.06 Å². The van der Waals surface area contributed by atoms with E-state index in [2.05, 4.69) is 20.8 Å². The first-order chi connectivity index (χ1) is 12.8. The van der Waals surface area contributed by atoms with Crippen LogP contribution in [0.15, 0.2) is 0 Å². The maximum absolute atomic E-state index is 12.8. The third kappa shape index (κ3) is 2.90. The molecule has 0 N–H and O–H groups in total. The predicted octanol–water partition coefficient (Wildman–Crippen LogP) is 5.69. The molecule has 4 saturated carbocycles. The molecular weight excluding hydrogens is 334 g/mol. The zero-order chi connectivity index (χ0) is 19.4. The van der Waals surface area contributed by atoms with Gasteiger partial charge in [-0.15, -0.1) is 0 Å². The van der Waals surface area contributed by atoms with E-state index in [-0.39, 0.29) is 11.8 Å². The Morgan fingerprint density at radius 3 is 2.44 bits per heavy atom. The molecule has 8 atom stereocenters. The fourth-order valence-electron chi connectivity index (χ4n) is 8.71. The van der Waals surface area contributed by atoms with Crippen molar-refractivity contribution in [3.63, 3.8) is 0 Å². The summed E-state index contributed by atoms with van der Waals surface area (Å²) in [6, 6.07) is 0. The minimum atomic E-state index is 0.0723. The quantitative estimate of drug-likeness (QED) is 0.593. The number of nitrogens with zero attached hydrogens (tertiary/aromatic N) is 1. The molecule has 154 valence electrons. The second-order valence-electron chi connectivity index (χ2n) is 10.9. The molecule has 4 unspecified atom stereocenters. The van der Waals surface area contributed by atoms with Gasteiger partial charge in [-0.05, 0) is 91.8 Å². The summed E-state index contributed by atoms with van der Waals surface area (Å²) >= 11 is 0. The van der Waals surface area contributed by atoms with E-state index in [0.717, 1.165) is 23.7 Å². The molecule has 3 nitrogen and oxygen atoms in total. The highest BCUT2D eigenvalue weighted by Crippen LogP contribution is 2.68. The van der Waals surface area contributed by atoms with Crippen LogP contribution in [0.4, 0.5) is 0 Å². The lowest BCUT2D eigenvalue weighted by Gasteiger charge is -2.60. The Morgan fingerprint density at radius 1 is 0.963 bits per heavy atom. The summed E-state index contributed by atoms with van der Waals surface area (Å²) in [6.45, 7) is 7.35. The Labute approximate surface area is 166 Å².